The number of nitrogens with zero attached hydrogens (tertiary/aromatic N) is 3. The van der Waals surface area contributed by atoms with Crippen LogP contribution in [-0.4, -0.2) is 17.5 Å². The van der Waals surface area contributed by atoms with Crippen LogP contribution in [-0.2, 0) is 11.4 Å². The number of aryl methyl sites for hydroxylation is 2. The maximum absolute atomic E-state index is 6.09. The van der Waals surface area contributed by atoms with Gasteiger partial charge in [0.1, 0.15) is 12.4 Å². The van der Waals surface area contributed by atoms with Gasteiger partial charge in [0.2, 0.25) is 0 Å². The Morgan fingerprint density at radius 2 is 1.85 bits per heavy atom. The number of anilines is 1. The predicted octanol–water partition coefficient (Wildman–Crippen LogP) is 5.67. The van der Waals surface area contributed by atoms with Gasteiger partial charge in [0.15, 0.2) is 0 Å². The number of aromatic nitrogens is 1. The average molecular weight is 402 g/mol. The molecule has 27 heavy (non-hydrogen) atoms. The number of para-hydroxylation sites is 1. The Morgan fingerprint density at radius 1 is 1.11 bits per heavy atom. The number of rotatable bonds is 3. The quantitative estimate of drug-likeness (QED) is 0.566. The number of hydroxylamine groups is 1. The highest BCUT2D eigenvalue weighted by Crippen LogP contribution is 2.31. The zero-order valence-electron chi connectivity index (χ0n) is 14.9. The van der Waals surface area contributed by atoms with Crippen molar-refractivity contribution in [2.24, 2.45) is 4.99 Å². The molecule has 0 radical (unpaired) electrons. The molecule has 0 N–H and O–H groups in total. The van der Waals surface area contributed by atoms with Gasteiger partial charge in [0.25, 0.3) is 0 Å². The fourth-order valence-electron chi connectivity index (χ4n) is 3.08. The largest absolute Gasteiger partial charge is 0.361 e. The van der Waals surface area contributed by atoms with Gasteiger partial charge in [-0.3, -0.25) is 9.83 Å². The van der Waals surface area contributed by atoms with Gasteiger partial charge in [0.05, 0.1) is 29.3 Å². The normalized spacial score (nSPS) is 15.3. The first-order chi connectivity index (χ1) is 13.0. The molecule has 0 fully saturated rings. The van der Waals surface area contributed by atoms with Crippen molar-refractivity contribution in [2.75, 3.05) is 11.7 Å². The van der Waals surface area contributed by atoms with E-state index in [1.807, 2.05) is 43.2 Å². The molecule has 4 rings (SSSR count). The summed E-state index contributed by atoms with van der Waals surface area (Å²) in [7, 11) is 0. The molecule has 3 aromatic rings. The van der Waals surface area contributed by atoms with Crippen LogP contribution in [0.25, 0.3) is 0 Å². The SMILES string of the molecule is Cc1noc(C)c1CN1OC/C(=N\c2cc(Cl)cc(Cl)c2)c2ccccc21. The molecule has 0 aliphatic carbocycles. The van der Waals surface area contributed by atoms with Crippen molar-refractivity contribution in [2.45, 2.75) is 20.4 Å². The lowest BCUT2D eigenvalue weighted by atomic mass is 10.1. The number of halogens is 2. The van der Waals surface area contributed by atoms with Gasteiger partial charge in [-0.05, 0) is 38.1 Å². The van der Waals surface area contributed by atoms with E-state index in [4.69, 9.17) is 37.6 Å². The fourth-order valence-corrected chi connectivity index (χ4v) is 3.59. The summed E-state index contributed by atoms with van der Waals surface area (Å²) in [6.07, 6.45) is 0. The van der Waals surface area contributed by atoms with Crippen molar-refractivity contribution in [1.29, 1.82) is 0 Å². The molecule has 0 saturated carbocycles. The van der Waals surface area contributed by atoms with Gasteiger partial charge < -0.3 is 4.52 Å². The van der Waals surface area contributed by atoms with Crippen molar-refractivity contribution in [3.63, 3.8) is 0 Å². The summed E-state index contributed by atoms with van der Waals surface area (Å²) in [4.78, 5) is 10.7. The van der Waals surface area contributed by atoms with Crippen LogP contribution < -0.4 is 5.06 Å². The number of benzene rings is 2. The molecule has 0 bridgehead atoms. The van der Waals surface area contributed by atoms with Gasteiger partial charge in [-0.2, -0.15) is 0 Å². The summed E-state index contributed by atoms with van der Waals surface area (Å²) in [5.41, 5.74) is 5.34. The molecule has 5 nitrogen and oxygen atoms in total. The Morgan fingerprint density at radius 3 is 2.56 bits per heavy atom. The van der Waals surface area contributed by atoms with Gasteiger partial charge in [-0.1, -0.05) is 46.6 Å². The Labute approximate surface area is 167 Å². The minimum atomic E-state index is 0.338. The number of hydrogen-bond donors (Lipinski definition) is 0. The molecule has 0 unspecified atom stereocenters. The third kappa shape index (κ3) is 3.72. The Hall–Kier alpha value is -2.34. The van der Waals surface area contributed by atoms with E-state index in [2.05, 4.69) is 5.16 Å². The maximum atomic E-state index is 6.09. The van der Waals surface area contributed by atoms with Gasteiger partial charge in [-0.15, -0.1) is 0 Å². The van der Waals surface area contributed by atoms with Crippen LogP contribution in [0.5, 0.6) is 0 Å². The van der Waals surface area contributed by atoms with E-state index in [1.54, 1.807) is 18.2 Å². The molecule has 1 aliphatic rings. The summed E-state index contributed by atoms with van der Waals surface area (Å²) < 4.78 is 5.27. The highest BCUT2D eigenvalue weighted by atomic mass is 35.5. The number of fused-ring (bicyclic) bond motifs is 1. The molecule has 0 atom stereocenters. The zero-order valence-corrected chi connectivity index (χ0v) is 16.4. The Kier molecular flexibility index (Phi) is 4.91. The summed E-state index contributed by atoms with van der Waals surface area (Å²) in [6, 6.07) is 13.2. The van der Waals surface area contributed by atoms with E-state index >= 15 is 0 Å². The highest BCUT2D eigenvalue weighted by molar-refractivity contribution is 6.35. The second kappa shape index (κ2) is 7.35. The van der Waals surface area contributed by atoms with E-state index < -0.39 is 0 Å². The van der Waals surface area contributed by atoms with E-state index in [9.17, 15) is 0 Å². The summed E-state index contributed by atoms with van der Waals surface area (Å²) in [5, 5.41) is 6.97. The highest BCUT2D eigenvalue weighted by Gasteiger charge is 2.24. The molecule has 0 spiro atoms. The fraction of sp³-hybridized carbons (Fsp3) is 0.200. The van der Waals surface area contributed by atoms with Crippen LogP contribution in [0.3, 0.4) is 0 Å². The number of hydrogen-bond acceptors (Lipinski definition) is 5. The number of aliphatic imine (C=N–C) groups is 1. The maximum Gasteiger partial charge on any atom is 0.138 e. The van der Waals surface area contributed by atoms with Crippen LogP contribution in [0.4, 0.5) is 11.4 Å². The molecule has 1 aromatic heterocycles. The summed E-state index contributed by atoms with van der Waals surface area (Å²) in [6.45, 7) is 4.72. The second-order valence-corrected chi connectivity index (χ2v) is 7.19. The molecule has 2 heterocycles. The Bertz CT molecular complexity index is 990. The molecule has 0 amide bonds. The van der Waals surface area contributed by atoms with E-state index in [0.717, 1.165) is 34.0 Å². The minimum Gasteiger partial charge on any atom is -0.361 e. The van der Waals surface area contributed by atoms with E-state index in [0.29, 0.717) is 28.9 Å². The van der Waals surface area contributed by atoms with Crippen molar-refractivity contribution in [1.82, 2.24) is 5.16 Å². The zero-order chi connectivity index (χ0) is 19.0. The molecular weight excluding hydrogens is 385 g/mol. The lowest BCUT2D eigenvalue weighted by Crippen LogP contribution is -2.33. The minimum absolute atomic E-state index is 0.338. The lowest BCUT2D eigenvalue weighted by Gasteiger charge is -2.31. The third-order valence-electron chi connectivity index (χ3n) is 4.44. The molecule has 0 saturated heterocycles. The van der Waals surface area contributed by atoms with E-state index in [-0.39, 0.29) is 0 Å². The smallest absolute Gasteiger partial charge is 0.138 e. The molecule has 7 heteroatoms. The average Bonchev–Trinajstić information content (AvgIpc) is 2.95. The molecule has 138 valence electrons. The first-order valence-electron chi connectivity index (χ1n) is 8.46. The van der Waals surface area contributed by atoms with Crippen molar-refractivity contribution < 1.29 is 9.36 Å². The van der Waals surface area contributed by atoms with Crippen LogP contribution in [0.15, 0.2) is 52.0 Å². The Balaban J connectivity index is 1.70. The van der Waals surface area contributed by atoms with Crippen LogP contribution in [0, 0.1) is 13.8 Å². The van der Waals surface area contributed by atoms with Crippen LogP contribution >= 0.6 is 23.2 Å². The van der Waals surface area contributed by atoms with Gasteiger partial charge in [0, 0.05) is 21.2 Å². The van der Waals surface area contributed by atoms with Crippen LogP contribution in [0.2, 0.25) is 10.0 Å². The van der Waals surface area contributed by atoms with Crippen molar-refractivity contribution in [3.05, 3.63) is 75.1 Å². The first-order valence-corrected chi connectivity index (χ1v) is 9.22. The van der Waals surface area contributed by atoms with Crippen molar-refractivity contribution >= 4 is 40.3 Å². The van der Waals surface area contributed by atoms with E-state index in [1.165, 1.54) is 0 Å². The first kappa shape index (κ1) is 18.0. The van der Waals surface area contributed by atoms with Gasteiger partial charge in [-0.25, -0.2) is 5.06 Å². The molecule has 1 aliphatic heterocycles. The van der Waals surface area contributed by atoms with Gasteiger partial charge >= 0.3 is 0 Å². The molecule has 2 aromatic carbocycles. The van der Waals surface area contributed by atoms with Crippen molar-refractivity contribution in [3.8, 4) is 0 Å². The topological polar surface area (TPSA) is 50.9 Å². The summed E-state index contributed by atoms with van der Waals surface area (Å²) in [5.74, 6) is 0.793. The second-order valence-electron chi connectivity index (χ2n) is 6.32. The third-order valence-corrected chi connectivity index (χ3v) is 4.87. The molecular formula is C20H17Cl2N3O2. The standard InChI is InChI=1S/C20H17Cl2N3O2/c1-12-18(13(2)27-24-12)10-25-20-6-4-3-5-17(20)19(11-26-25)23-16-8-14(21)7-15(22)9-16/h3-9H,10-11H2,1-2H3/b23-19+. The monoisotopic (exact) mass is 401 g/mol. The lowest BCUT2D eigenvalue weighted by molar-refractivity contribution is 0.133. The predicted molar refractivity (Wildman–Crippen MR) is 107 cm³/mol. The van der Waals surface area contributed by atoms with Crippen LogP contribution in [0.1, 0.15) is 22.6 Å². The summed E-state index contributed by atoms with van der Waals surface area (Å²) >= 11 is 12.2.